The second-order valence-corrected chi connectivity index (χ2v) is 10.6. The number of fused-ring (bicyclic) bond motifs is 1. The first-order valence-electron chi connectivity index (χ1n) is 9.18. The predicted octanol–water partition coefficient (Wildman–Crippen LogP) is 5.27. The standard InChI is InChI=1S/C20H31BrO3S/c1-15(8-6-12-19(2,3)24-25(5,22)23)17-10-11-18-16(14-21)9-7-13-20(17,18)4/h14-15,17-18H,7-11,13H2,1-5H3/b16-14+/t15-,17-,18+,20-/m1/s1. The van der Waals surface area contributed by atoms with Crippen LogP contribution >= 0.6 is 15.9 Å². The quantitative estimate of drug-likeness (QED) is 0.450. The SMILES string of the molecule is C[C@H](CC#CC(C)(C)OS(C)(=O)=O)[C@H]1CC[C@H]2/C(=C/Br)CCC[C@]12C. The number of halogens is 1. The van der Waals surface area contributed by atoms with Gasteiger partial charge < -0.3 is 0 Å². The molecule has 0 aliphatic heterocycles. The first-order valence-corrected chi connectivity index (χ1v) is 11.9. The molecule has 5 heteroatoms. The summed E-state index contributed by atoms with van der Waals surface area (Å²) >= 11 is 3.57. The molecule has 2 fully saturated rings. The molecule has 0 aromatic heterocycles. The average Bonchev–Trinajstić information content (AvgIpc) is 2.81. The summed E-state index contributed by atoms with van der Waals surface area (Å²) in [5, 5.41) is 0. The first kappa shape index (κ1) is 21.0. The highest BCUT2D eigenvalue weighted by Gasteiger charge is 2.50. The predicted molar refractivity (Wildman–Crippen MR) is 107 cm³/mol. The van der Waals surface area contributed by atoms with E-state index in [-0.39, 0.29) is 0 Å². The number of hydrogen-bond acceptors (Lipinski definition) is 3. The van der Waals surface area contributed by atoms with Crippen molar-refractivity contribution in [3.63, 3.8) is 0 Å². The Morgan fingerprint density at radius 1 is 1.44 bits per heavy atom. The van der Waals surface area contributed by atoms with Gasteiger partial charge in [-0.15, -0.1) is 0 Å². The van der Waals surface area contributed by atoms with Crippen molar-refractivity contribution in [2.24, 2.45) is 23.2 Å². The Hall–Kier alpha value is -0.310. The van der Waals surface area contributed by atoms with E-state index in [1.54, 1.807) is 19.4 Å². The normalized spacial score (nSPS) is 32.8. The molecule has 2 aliphatic rings. The molecule has 2 aliphatic carbocycles. The molecule has 0 amide bonds. The van der Waals surface area contributed by atoms with E-state index in [4.69, 9.17) is 4.18 Å². The van der Waals surface area contributed by atoms with Gasteiger partial charge in [-0.25, -0.2) is 0 Å². The Bertz CT molecular complexity index is 683. The van der Waals surface area contributed by atoms with E-state index in [2.05, 4.69) is 46.6 Å². The second-order valence-electron chi connectivity index (χ2n) is 8.56. The van der Waals surface area contributed by atoms with E-state index in [0.29, 0.717) is 23.2 Å². The smallest absolute Gasteiger partial charge is 0.251 e. The summed E-state index contributed by atoms with van der Waals surface area (Å²) in [7, 11) is -3.50. The van der Waals surface area contributed by atoms with Gasteiger partial charge in [0, 0.05) is 6.42 Å². The summed E-state index contributed by atoms with van der Waals surface area (Å²) in [6.07, 6.45) is 8.19. The van der Waals surface area contributed by atoms with Gasteiger partial charge in [-0.1, -0.05) is 47.2 Å². The fourth-order valence-corrected chi connectivity index (χ4v) is 6.46. The van der Waals surface area contributed by atoms with Gasteiger partial charge in [0.25, 0.3) is 10.1 Å². The van der Waals surface area contributed by atoms with Gasteiger partial charge in [0.1, 0.15) is 5.60 Å². The van der Waals surface area contributed by atoms with Crippen LogP contribution in [0.1, 0.15) is 66.2 Å². The van der Waals surface area contributed by atoms with E-state index in [1.165, 1.54) is 32.1 Å². The topological polar surface area (TPSA) is 43.4 Å². The van der Waals surface area contributed by atoms with Gasteiger partial charge in [0.15, 0.2) is 0 Å². The minimum Gasteiger partial charge on any atom is -0.251 e. The monoisotopic (exact) mass is 430 g/mol. The van der Waals surface area contributed by atoms with E-state index in [0.717, 1.165) is 12.7 Å². The van der Waals surface area contributed by atoms with E-state index < -0.39 is 15.7 Å². The number of allylic oxidation sites excluding steroid dienone is 1. The molecule has 0 aromatic rings. The van der Waals surface area contributed by atoms with Crippen molar-refractivity contribution in [3.05, 3.63) is 10.6 Å². The van der Waals surface area contributed by atoms with Gasteiger partial charge in [-0.2, -0.15) is 8.42 Å². The Kier molecular flexibility index (Phi) is 6.50. The zero-order chi connectivity index (χ0) is 18.9. The highest BCUT2D eigenvalue weighted by atomic mass is 79.9. The lowest BCUT2D eigenvalue weighted by Gasteiger charge is -2.44. The zero-order valence-corrected chi connectivity index (χ0v) is 18.5. The Labute approximate surface area is 162 Å². The zero-order valence-electron chi connectivity index (χ0n) is 16.1. The lowest BCUT2D eigenvalue weighted by Crippen LogP contribution is -2.35. The molecule has 142 valence electrons. The van der Waals surface area contributed by atoms with E-state index in [1.807, 2.05) is 0 Å². The maximum absolute atomic E-state index is 11.3. The molecule has 0 N–H and O–H groups in total. The van der Waals surface area contributed by atoms with Gasteiger partial charge in [-0.3, -0.25) is 4.18 Å². The molecule has 3 nitrogen and oxygen atoms in total. The maximum Gasteiger partial charge on any atom is 0.265 e. The number of rotatable bonds is 4. The van der Waals surface area contributed by atoms with Crippen molar-refractivity contribution in [3.8, 4) is 11.8 Å². The van der Waals surface area contributed by atoms with Crippen LogP contribution in [-0.2, 0) is 14.3 Å². The lowest BCUT2D eigenvalue weighted by atomic mass is 9.61. The summed E-state index contributed by atoms with van der Waals surface area (Å²) in [6.45, 7) is 8.16. The third-order valence-corrected chi connectivity index (χ3v) is 7.35. The third-order valence-electron chi connectivity index (χ3n) is 6.04. The van der Waals surface area contributed by atoms with Crippen molar-refractivity contribution < 1.29 is 12.6 Å². The summed E-state index contributed by atoms with van der Waals surface area (Å²) in [6, 6.07) is 0. The fraction of sp³-hybridized carbons (Fsp3) is 0.800. The summed E-state index contributed by atoms with van der Waals surface area (Å²) in [4.78, 5) is 2.16. The molecule has 4 atom stereocenters. The van der Waals surface area contributed by atoms with Crippen LogP contribution in [0.5, 0.6) is 0 Å². The Morgan fingerprint density at radius 2 is 2.12 bits per heavy atom. The van der Waals surface area contributed by atoms with E-state index >= 15 is 0 Å². The van der Waals surface area contributed by atoms with Crippen molar-refractivity contribution in [1.82, 2.24) is 0 Å². The van der Waals surface area contributed by atoms with Gasteiger partial charge in [0.2, 0.25) is 0 Å². The molecular weight excluding hydrogens is 400 g/mol. The molecule has 0 heterocycles. The van der Waals surface area contributed by atoms with Crippen molar-refractivity contribution >= 4 is 26.0 Å². The van der Waals surface area contributed by atoms with Crippen molar-refractivity contribution in [2.75, 3.05) is 6.26 Å². The molecule has 0 spiro atoms. The molecule has 0 aromatic carbocycles. The van der Waals surface area contributed by atoms with Crippen LogP contribution < -0.4 is 0 Å². The molecule has 0 radical (unpaired) electrons. The molecule has 2 rings (SSSR count). The van der Waals surface area contributed by atoms with Gasteiger partial charge in [-0.05, 0) is 74.1 Å². The van der Waals surface area contributed by atoms with Crippen LogP contribution in [0.2, 0.25) is 0 Å². The summed E-state index contributed by atoms with van der Waals surface area (Å²) in [5.41, 5.74) is 0.987. The van der Waals surface area contributed by atoms with Crippen LogP contribution in [0.3, 0.4) is 0 Å². The van der Waals surface area contributed by atoms with Crippen molar-refractivity contribution in [1.29, 1.82) is 0 Å². The van der Waals surface area contributed by atoms with Crippen LogP contribution in [0, 0.1) is 35.0 Å². The lowest BCUT2D eigenvalue weighted by molar-refractivity contribution is 0.0993. The van der Waals surface area contributed by atoms with Crippen molar-refractivity contribution in [2.45, 2.75) is 71.8 Å². The van der Waals surface area contributed by atoms with Gasteiger partial charge >= 0.3 is 0 Å². The highest BCUT2D eigenvalue weighted by Crippen LogP contribution is 2.59. The second kappa shape index (κ2) is 7.74. The van der Waals surface area contributed by atoms with Crippen LogP contribution in [0.4, 0.5) is 0 Å². The molecule has 0 unspecified atom stereocenters. The minimum absolute atomic E-state index is 0.373. The first-order chi connectivity index (χ1) is 11.5. The Morgan fingerprint density at radius 3 is 2.72 bits per heavy atom. The van der Waals surface area contributed by atoms with Crippen LogP contribution in [0.15, 0.2) is 10.6 Å². The maximum atomic E-state index is 11.3. The fourth-order valence-electron chi connectivity index (χ4n) is 5.11. The molecule has 2 saturated carbocycles. The molecule has 0 bridgehead atoms. The third kappa shape index (κ3) is 5.11. The molecular formula is C20H31BrO3S. The Balaban J connectivity index is 2.05. The summed E-state index contributed by atoms with van der Waals surface area (Å²) in [5.74, 6) is 8.08. The average molecular weight is 431 g/mol. The minimum atomic E-state index is -3.50. The van der Waals surface area contributed by atoms with Gasteiger partial charge in [0.05, 0.1) is 6.26 Å². The highest BCUT2D eigenvalue weighted by molar-refractivity contribution is 9.11. The molecule has 25 heavy (non-hydrogen) atoms. The largest absolute Gasteiger partial charge is 0.265 e. The van der Waals surface area contributed by atoms with Crippen LogP contribution in [-0.4, -0.2) is 20.3 Å². The molecule has 0 saturated heterocycles. The van der Waals surface area contributed by atoms with Crippen LogP contribution in [0.25, 0.3) is 0 Å². The summed E-state index contributed by atoms with van der Waals surface area (Å²) < 4.78 is 27.7. The number of hydrogen-bond donors (Lipinski definition) is 0. The van der Waals surface area contributed by atoms with E-state index in [9.17, 15) is 8.42 Å².